The maximum absolute atomic E-state index is 12.3. The molecule has 0 bridgehead atoms. The van der Waals surface area contributed by atoms with Crippen molar-refractivity contribution in [2.75, 3.05) is 13.2 Å². The first-order valence-electron chi connectivity index (χ1n) is 8.36. The lowest BCUT2D eigenvalue weighted by atomic mass is 10.1. The van der Waals surface area contributed by atoms with Gasteiger partial charge in [-0.25, -0.2) is 4.79 Å². The van der Waals surface area contributed by atoms with E-state index < -0.39 is 5.97 Å². The van der Waals surface area contributed by atoms with Gasteiger partial charge in [-0.1, -0.05) is 41.9 Å². The molecule has 2 aromatic heterocycles. The van der Waals surface area contributed by atoms with Gasteiger partial charge >= 0.3 is 5.97 Å². The Morgan fingerprint density at radius 2 is 2.00 bits per heavy atom. The molecule has 3 rings (SSSR count). The molecule has 2 heterocycles. The molecule has 0 unspecified atom stereocenters. The molecule has 0 atom stereocenters. The average molecular weight is 404 g/mol. The third-order valence-corrected chi connectivity index (χ3v) is 5.12. The molecule has 1 aromatic carbocycles. The number of carbonyl (C=O) groups excluding carboxylic acids is 2. The van der Waals surface area contributed by atoms with Crippen LogP contribution in [0.2, 0.25) is 4.34 Å². The number of hydrogen-bond acceptors (Lipinski definition) is 5. The van der Waals surface area contributed by atoms with E-state index in [2.05, 4.69) is 10.2 Å². The van der Waals surface area contributed by atoms with Crippen LogP contribution in [0.25, 0.3) is 11.3 Å². The Kier molecular flexibility index (Phi) is 6.26. The summed E-state index contributed by atoms with van der Waals surface area (Å²) < 4.78 is 5.82. The number of likely N-dealkylation sites (N-methyl/N-ethyl adjacent to an activating group) is 1. The molecule has 27 heavy (non-hydrogen) atoms. The van der Waals surface area contributed by atoms with Gasteiger partial charge in [0, 0.05) is 17.0 Å². The molecule has 0 saturated carbocycles. The van der Waals surface area contributed by atoms with Crippen molar-refractivity contribution in [1.82, 2.24) is 15.1 Å². The number of aromatic nitrogens is 2. The third kappa shape index (κ3) is 4.96. The van der Waals surface area contributed by atoms with E-state index in [-0.39, 0.29) is 18.2 Å². The number of thiophene rings is 1. The fourth-order valence-corrected chi connectivity index (χ4v) is 3.58. The Labute approximate surface area is 165 Å². The molecule has 1 amide bonds. The molecule has 140 valence electrons. The van der Waals surface area contributed by atoms with E-state index in [0.717, 1.165) is 10.4 Å². The van der Waals surface area contributed by atoms with Gasteiger partial charge in [0.25, 0.3) is 5.91 Å². The van der Waals surface area contributed by atoms with Crippen LogP contribution in [0.1, 0.15) is 22.3 Å². The van der Waals surface area contributed by atoms with Crippen LogP contribution in [-0.4, -0.2) is 40.1 Å². The molecule has 0 aliphatic rings. The van der Waals surface area contributed by atoms with Crippen LogP contribution in [0, 0.1) is 0 Å². The molecule has 0 saturated heterocycles. The van der Waals surface area contributed by atoms with Crippen LogP contribution in [0.3, 0.4) is 0 Å². The molecule has 0 radical (unpaired) electrons. The fourth-order valence-electron chi connectivity index (χ4n) is 2.48. The normalized spacial score (nSPS) is 10.6. The molecule has 1 N–H and O–H groups in total. The number of carbonyl (C=O) groups is 2. The topological polar surface area (TPSA) is 75.3 Å². The van der Waals surface area contributed by atoms with Crippen molar-refractivity contribution in [3.8, 4) is 11.3 Å². The highest BCUT2D eigenvalue weighted by molar-refractivity contribution is 7.16. The Balaban J connectivity index is 1.56. The zero-order chi connectivity index (χ0) is 19.2. The van der Waals surface area contributed by atoms with Gasteiger partial charge in [0.15, 0.2) is 6.61 Å². The smallest absolute Gasteiger partial charge is 0.356 e. The van der Waals surface area contributed by atoms with Crippen molar-refractivity contribution >= 4 is 34.8 Å². The monoisotopic (exact) mass is 403 g/mol. The second kappa shape index (κ2) is 8.83. The molecular weight excluding hydrogens is 386 g/mol. The first-order chi connectivity index (χ1) is 13.1. The summed E-state index contributed by atoms with van der Waals surface area (Å²) in [6.45, 7) is 2.49. The molecule has 0 fully saturated rings. The van der Waals surface area contributed by atoms with E-state index in [1.54, 1.807) is 17.0 Å². The second-order valence-corrected chi connectivity index (χ2v) is 7.52. The van der Waals surface area contributed by atoms with Gasteiger partial charge in [-0.05, 0) is 25.1 Å². The first-order valence-corrected chi connectivity index (χ1v) is 9.56. The Morgan fingerprint density at radius 3 is 2.67 bits per heavy atom. The average Bonchev–Trinajstić information content (AvgIpc) is 3.34. The number of H-pyrrole nitrogens is 1. The minimum atomic E-state index is -0.617. The lowest BCUT2D eigenvalue weighted by Gasteiger charge is -2.19. The summed E-state index contributed by atoms with van der Waals surface area (Å²) in [5.41, 5.74) is 1.73. The second-order valence-electron chi connectivity index (χ2n) is 5.72. The van der Waals surface area contributed by atoms with E-state index in [1.165, 1.54) is 11.3 Å². The number of nitrogens with one attached hydrogen (secondary N) is 1. The zero-order valence-electron chi connectivity index (χ0n) is 14.6. The van der Waals surface area contributed by atoms with Gasteiger partial charge in [-0.15, -0.1) is 11.3 Å². The van der Waals surface area contributed by atoms with Gasteiger partial charge in [-0.3, -0.25) is 9.89 Å². The predicted octanol–water partition coefficient (Wildman–Crippen LogP) is 4.00. The standard InChI is InChI=1S/C19H18ClN3O3S/c1-2-23(11-14-8-9-17(20)27-14)18(24)12-26-19(25)16-10-15(21-22-16)13-6-4-3-5-7-13/h3-10H,2,11-12H2,1H3,(H,21,22). The maximum atomic E-state index is 12.3. The first kappa shape index (κ1) is 19.1. The number of ether oxygens (including phenoxy) is 1. The highest BCUT2D eigenvalue weighted by Crippen LogP contribution is 2.22. The van der Waals surface area contributed by atoms with Crippen molar-refractivity contribution in [2.45, 2.75) is 13.5 Å². The van der Waals surface area contributed by atoms with Crippen LogP contribution >= 0.6 is 22.9 Å². The predicted molar refractivity (Wildman–Crippen MR) is 105 cm³/mol. The van der Waals surface area contributed by atoms with Crippen LogP contribution in [0.4, 0.5) is 0 Å². The molecule has 0 aliphatic carbocycles. The van der Waals surface area contributed by atoms with E-state index in [9.17, 15) is 9.59 Å². The van der Waals surface area contributed by atoms with E-state index in [0.29, 0.717) is 23.1 Å². The summed E-state index contributed by atoms with van der Waals surface area (Å²) in [7, 11) is 0. The van der Waals surface area contributed by atoms with Crippen molar-refractivity contribution in [3.63, 3.8) is 0 Å². The molecular formula is C19H18ClN3O3S. The number of benzene rings is 1. The molecule has 0 aliphatic heterocycles. The summed E-state index contributed by atoms with van der Waals surface area (Å²) in [6.07, 6.45) is 0. The molecule has 0 spiro atoms. The van der Waals surface area contributed by atoms with Gasteiger partial charge in [0.2, 0.25) is 0 Å². The summed E-state index contributed by atoms with van der Waals surface area (Å²) in [6, 6.07) is 14.7. The summed E-state index contributed by atoms with van der Waals surface area (Å²) in [4.78, 5) is 27.1. The highest BCUT2D eigenvalue weighted by Gasteiger charge is 2.18. The van der Waals surface area contributed by atoms with Crippen molar-refractivity contribution < 1.29 is 14.3 Å². The number of amides is 1. The minimum Gasteiger partial charge on any atom is -0.451 e. The summed E-state index contributed by atoms with van der Waals surface area (Å²) in [5, 5.41) is 6.76. The van der Waals surface area contributed by atoms with Crippen molar-refractivity contribution in [3.05, 3.63) is 63.4 Å². The minimum absolute atomic E-state index is 0.203. The van der Waals surface area contributed by atoms with Crippen LogP contribution < -0.4 is 0 Å². The van der Waals surface area contributed by atoms with Gasteiger partial charge in [0.1, 0.15) is 5.69 Å². The SMILES string of the molecule is CCN(Cc1ccc(Cl)s1)C(=O)COC(=O)c1cc(-c2ccccc2)n[nH]1. The van der Waals surface area contributed by atoms with Crippen molar-refractivity contribution in [1.29, 1.82) is 0 Å². The summed E-state index contributed by atoms with van der Waals surface area (Å²) in [5.74, 6) is -0.883. The van der Waals surface area contributed by atoms with Crippen LogP contribution in [0.5, 0.6) is 0 Å². The summed E-state index contributed by atoms with van der Waals surface area (Å²) >= 11 is 7.34. The lowest BCUT2D eigenvalue weighted by Crippen LogP contribution is -2.33. The van der Waals surface area contributed by atoms with E-state index >= 15 is 0 Å². The quantitative estimate of drug-likeness (QED) is 0.605. The third-order valence-electron chi connectivity index (χ3n) is 3.90. The van der Waals surface area contributed by atoms with Crippen LogP contribution in [0.15, 0.2) is 48.5 Å². The number of aromatic amines is 1. The maximum Gasteiger partial charge on any atom is 0.356 e. The van der Waals surface area contributed by atoms with E-state index in [4.69, 9.17) is 16.3 Å². The lowest BCUT2D eigenvalue weighted by molar-refractivity contribution is -0.134. The highest BCUT2D eigenvalue weighted by atomic mass is 35.5. The van der Waals surface area contributed by atoms with E-state index in [1.807, 2.05) is 43.3 Å². The molecule has 3 aromatic rings. The fraction of sp³-hybridized carbons (Fsp3) is 0.211. The Morgan fingerprint density at radius 1 is 1.22 bits per heavy atom. The van der Waals surface area contributed by atoms with Crippen molar-refractivity contribution in [2.24, 2.45) is 0 Å². The Hall–Kier alpha value is -2.64. The number of rotatable bonds is 7. The van der Waals surface area contributed by atoms with Gasteiger partial charge in [0.05, 0.1) is 16.6 Å². The van der Waals surface area contributed by atoms with Gasteiger partial charge in [-0.2, -0.15) is 5.10 Å². The van der Waals surface area contributed by atoms with Crippen LogP contribution in [-0.2, 0) is 16.1 Å². The number of hydrogen-bond donors (Lipinski definition) is 1. The van der Waals surface area contributed by atoms with Gasteiger partial charge < -0.3 is 9.64 Å². The largest absolute Gasteiger partial charge is 0.451 e. The zero-order valence-corrected chi connectivity index (χ0v) is 16.2. The number of esters is 1. The molecule has 8 heteroatoms. The number of nitrogens with zero attached hydrogens (tertiary/aromatic N) is 2. The Bertz CT molecular complexity index is 923. The molecule has 6 nitrogen and oxygen atoms in total. The number of halogens is 1.